The number of hydrogen-bond donors (Lipinski definition) is 1. The molecule has 4 heteroatoms. The van der Waals surface area contributed by atoms with Crippen molar-refractivity contribution in [2.24, 2.45) is 0 Å². The maximum Gasteiger partial charge on any atom is 0.241 e. The van der Waals surface area contributed by atoms with Gasteiger partial charge in [0.05, 0.1) is 12.2 Å². The predicted molar refractivity (Wildman–Crippen MR) is 79.8 cm³/mol. The summed E-state index contributed by atoms with van der Waals surface area (Å²) in [5.41, 5.74) is 0. The minimum Gasteiger partial charge on any atom is -0.326 e. The highest BCUT2D eigenvalue weighted by atomic mass is 32.2. The standard InChI is InChI=1S/C14H28N2OS/c1-5-7-8-12-14(17)16(13(6-2)15-12)10-9-11(3)18-4/h11-13,15H,5-10H2,1-4H3. The molecule has 1 fully saturated rings. The van der Waals surface area contributed by atoms with Crippen LogP contribution in [0.15, 0.2) is 0 Å². The molecule has 1 aliphatic rings. The number of nitrogens with one attached hydrogen (secondary N) is 1. The molecule has 3 atom stereocenters. The van der Waals surface area contributed by atoms with Crippen LogP contribution >= 0.6 is 11.8 Å². The van der Waals surface area contributed by atoms with E-state index in [0.717, 1.165) is 38.6 Å². The Balaban J connectivity index is 2.51. The summed E-state index contributed by atoms with van der Waals surface area (Å²) >= 11 is 1.87. The summed E-state index contributed by atoms with van der Waals surface area (Å²) in [6.07, 6.45) is 7.76. The van der Waals surface area contributed by atoms with Gasteiger partial charge in [0.15, 0.2) is 0 Å². The Morgan fingerprint density at radius 2 is 2.17 bits per heavy atom. The van der Waals surface area contributed by atoms with Crippen molar-refractivity contribution in [3.8, 4) is 0 Å². The zero-order valence-corrected chi connectivity index (χ0v) is 13.1. The van der Waals surface area contributed by atoms with Gasteiger partial charge >= 0.3 is 0 Å². The third kappa shape index (κ3) is 4.16. The molecule has 0 saturated carbocycles. The first kappa shape index (κ1) is 15.8. The third-order valence-corrected chi connectivity index (χ3v) is 4.80. The van der Waals surface area contributed by atoms with Crippen molar-refractivity contribution in [1.82, 2.24) is 10.2 Å². The van der Waals surface area contributed by atoms with Crippen LogP contribution in [-0.4, -0.2) is 41.1 Å². The maximum absolute atomic E-state index is 12.3. The Bertz CT molecular complexity index is 260. The van der Waals surface area contributed by atoms with Crippen LogP contribution in [0.2, 0.25) is 0 Å². The Kier molecular flexibility index (Phi) is 7.08. The van der Waals surface area contributed by atoms with Gasteiger partial charge in [0.1, 0.15) is 0 Å². The molecule has 0 aliphatic carbocycles. The summed E-state index contributed by atoms with van der Waals surface area (Å²) in [5.74, 6) is 0.323. The van der Waals surface area contributed by atoms with Gasteiger partial charge in [-0.25, -0.2) is 0 Å². The normalized spacial score (nSPS) is 25.8. The zero-order valence-electron chi connectivity index (χ0n) is 12.2. The Hall–Kier alpha value is -0.220. The summed E-state index contributed by atoms with van der Waals surface area (Å²) in [7, 11) is 0. The fourth-order valence-corrected chi connectivity index (χ4v) is 2.75. The molecule has 0 aromatic carbocycles. The number of unbranched alkanes of at least 4 members (excludes halogenated alkanes) is 1. The van der Waals surface area contributed by atoms with E-state index in [0.29, 0.717) is 11.2 Å². The molecular weight excluding hydrogens is 244 g/mol. The van der Waals surface area contributed by atoms with Crippen molar-refractivity contribution in [3.63, 3.8) is 0 Å². The van der Waals surface area contributed by atoms with Gasteiger partial charge < -0.3 is 4.90 Å². The lowest BCUT2D eigenvalue weighted by Crippen LogP contribution is -2.38. The summed E-state index contributed by atoms with van der Waals surface area (Å²) in [4.78, 5) is 14.4. The Morgan fingerprint density at radius 3 is 2.72 bits per heavy atom. The number of carbonyl (C=O) groups excluding carboxylic acids is 1. The average molecular weight is 272 g/mol. The van der Waals surface area contributed by atoms with Gasteiger partial charge in [-0.2, -0.15) is 11.8 Å². The van der Waals surface area contributed by atoms with Crippen molar-refractivity contribution >= 4 is 17.7 Å². The van der Waals surface area contributed by atoms with E-state index in [-0.39, 0.29) is 12.2 Å². The van der Waals surface area contributed by atoms with Crippen LogP contribution < -0.4 is 5.32 Å². The van der Waals surface area contributed by atoms with Crippen LogP contribution in [0.1, 0.15) is 52.9 Å². The van der Waals surface area contributed by atoms with Gasteiger partial charge in [0.25, 0.3) is 0 Å². The summed E-state index contributed by atoms with van der Waals surface area (Å²) in [6.45, 7) is 7.45. The fourth-order valence-electron chi connectivity index (χ4n) is 2.41. The maximum atomic E-state index is 12.3. The van der Waals surface area contributed by atoms with Crippen LogP contribution in [0, 0.1) is 0 Å². The van der Waals surface area contributed by atoms with E-state index in [1.807, 2.05) is 11.8 Å². The van der Waals surface area contributed by atoms with E-state index in [1.165, 1.54) is 0 Å². The smallest absolute Gasteiger partial charge is 0.241 e. The zero-order chi connectivity index (χ0) is 13.5. The van der Waals surface area contributed by atoms with E-state index < -0.39 is 0 Å². The van der Waals surface area contributed by atoms with Crippen molar-refractivity contribution in [3.05, 3.63) is 0 Å². The second-order valence-corrected chi connectivity index (χ2v) is 6.43. The van der Waals surface area contributed by atoms with Gasteiger partial charge in [-0.05, 0) is 25.5 Å². The minimum atomic E-state index is 0.0690. The molecule has 1 N–H and O–H groups in total. The van der Waals surface area contributed by atoms with Gasteiger partial charge in [-0.3, -0.25) is 10.1 Å². The molecule has 0 radical (unpaired) electrons. The van der Waals surface area contributed by atoms with E-state index in [9.17, 15) is 4.79 Å². The first-order valence-electron chi connectivity index (χ1n) is 7.23. The quantitative estimate of drug-likeness (QED) is 0.737. The number of amides is 1. The lowest BCUT2D eigenvalue weighted by molar-refractivity contribution is -0.130. The SMILES string of the molecule is CCCCC1NC(CC)N(CCC(C)SC)C1=O. The molecule has 0 aromatic heterocycles. The number of rotatable bonds is 8. The molecule has 3 unspecified atom stereocenters. The third-order valence-electron chi connectivity index (χ3n) is 3.76. The number of carbonyl (C=O) groups is 1. The van der Waals surface area contributed by atoms with E-state index in [2.05, 4.69) is 37.2 Å². The van der Waals surface area contributed by atoms with E-state index in [1.54, 1.807) is 0 Å². The number of thioether (sulfide) groups is 1. The topological polar surface area (TPSA) is 32.3 Å². The average Bonchev–Trinajstić information content (AvgIpc) is 2.69. The molecule has 106 valence electrons. The summed E-state index contributed by atoms with van der Waals surface area (Å²) in [5, 5.41) is 4.12. The molecule has 0 bridgehead atoms. The van der Waals surface area contributed by atoms with E-state index in [4.69, 9.17) is 0 Å². The second-order valence-electron chi connectivity index (χ2n) is 5.15. The molecule has 3 nitrogen and oxygen atoms in total. The highest BCUT2D eigenvalue weighted by Crippen LogP contribution is 2.19. The highest BCUT2D eigenvalue weighted by Gasteiger charge is 2.36. The van der Waals surface area contributed by atoms with Crippen LogP contribution in [0.5, 0.6) is 0 Å². The van der Waals surface area contributed by atoms with Gasteiger partial charge in [-0.15, -0.1) is 0 Å². The van der Waals surface area contributed by atoms with Gasteiger partial charge in [0.2, 0.25) is 5.91 Å². The van der Waals surface area contributed by atoms with Crippen molar-refractivity contribution < 1.29 is 4.79 Å². The van der Waals surface area contributed by atoms with Gasteiger partial charge in [-0.1, -0.05) is 33.6 Å². The first-order valence-corrected chi connectivity index (χ1v) is 8.52. The van der Waals surface area contributed by atoms with Crippen LogP contribution in [0.25, 0.3) is 0 Å². The molecule has 0 aromatic rings. The molecule has 1 rings (SSSR count). The second kappa shape index (κ2) is 8.05. The number of nitrogens with zero attached hydrogens (tertiary/aromatic N) is 1. The fraction of sp³-hybridized carbons (Fsp3) is 0.929. The molecule has 1 amide bonds. The van der Waals surface area contributed by atoms with Crippen molar-refractivity contribution in [2.75, 3.05) is 12.8 Å². The molecule has 1 aliphatic heterocycles. The van der Waals surface area contributed by atoms with Crippen LogP contribution in [-0.2, 0) is 4.79 Å². The van der Waals surface area contributed by atoms with Crippen LogP contribution in [0.3, 0.4) is 0 Å². The van der Waals surface area contributed by atoms with Gasteiger partial charge in [0, 0.05) is 11.8 Å². The molecular formula is C14H28N2OS. The Labute approximate surface area is 116 Å². The van der Waals surface area contributed by atoms with Crippen molar-refractivity contribution in [1.29, 1.82) is 0 Å². The predicted octanol–water partition coefficient (Wildman–Crippen LogP) is 2.85. The summed E-state index contributed by atoms with van der Waals surface area (Å²) < 4.78 is 0. The Morgan fingerprint density at radius 1 is 1.44 bits per heavy atom. The largest absolute Gasteiger partial charge is 0.326 e. The lowest BCUT2D eigenvalue weighted by atomic mass is 10.1. The molecule has 0 spiro atoms. The monoisotopic (exact) mass is 272 g/mol. The summed E-state index contributed by atoms with van der Waals surface area (Å²) in [6, 6.07) is 0.0690. The minimum absolute atomic E-state index is 0.0690. The first-order chi connectivity index (χ1) is 8.63. The van der Waals surface area contributed by atoms with Crippen molar-refractivity contribution in [2.45, 2.75) is 70.3 Å². The molecule has 1 saturated heterocycles. The van der Waals surface area contributed by atoms with Crippen LogP contribution in [0.4, 0.5) is 0 Å². The molecule has 1 heterocycles. The number of hydrogen-bond acceptors (Lipinski definition) is 3. The van der Waals surface area contributed by atoms with E-state index >= 15 is 0 Å². The lowest BCUT2D eigenvalue weighted by Gasteiger charge is -2.24. The highest BCUT2D eigenvalue weighted by molar-refractivity contribution is 7.99. The molecule has 18 heavy (non-hydrogen) atoms.